The van der Waals surface area contributed by atoms with Crippen LogP contribution in [-0.4, -0.2) is 21.3 Å². The summed E-state index contributed by atoms with van der Waals surface area (Å²) in [5, 5.41) is 3.06. The molecular formula is C16H20ClN3O. The third kappa shape index (κ3) is 3.45. The van der Waals surface area contributed by atoms with E-state index in [0.29, 0.717) is 0 Å². The molecule has 4 nitrogen and oxygen atoms in total. The van der Waals surface area contributed by atoms with Crippen LogP contribution in [0.25, 0.3) is 0 Å². The van der Waals surface area contributed by atoms with Crippen LogP contribution in [0, 0.1) is 5.41 Å². The number of hydrogen-bond donors (Lipinski definition) is 1. The molecule has 1 aromatic carbocycles. The third-order valence-electron chi connectivity index (χ3n) is 3.47. The summed E-state index contributed by atoms with van der Waals surface area (Å²) in [5.74, 6) is 0.968. The van der Waals surface area contributed by atoms with Crippen LogP contribution in [0.15, 0.2) is 42.7 Å². The van der Waals surface area contributed by atoms with Crippen molar-refractivity contribution in [1.82, 2.24) is 14.9 Å². The Balaban J connectivity index is 2.35. The molecule has 21 heavy (non-hydrogen) atoms. The molecule has 5 heteroatoms. The molecule has 2 rings (SSSR count). The maximum atomic E-state index is 12.5. The van der Waals surface area contributed by atoms with Crippen LogP contribution >= 0.6 is 11.6 Å². The summed E-state index contributed by atoms with van der Waals surface area (Å²) in [6.07, 6.45) is 3.59. The lowest BCUT2D eigenvalue weighted by atomic mass is 9.94. The van der Waals surface area contributed by atoms with Gasteiger partial charge in [-0.05, 0) is 19.4 Å². The van der Waals surface area contributed by atoms with Gasteiger partial charge in [0.25, 0.3) is 0 Å². The van der Waals surface area contributed by atoms with Gasteiger partial charge >= 0.3 is 0 Å². The number of carbonyl (C=O) groups excluding carboxylic acids is 1. The lowest BCUT2D eigenvalue weighted by Crippen LogP contribution is -2.41. The number of amides is 1. The van der Waals surface area contributed by atoms with Crippen molar-refractivity contribution in [3.05, 3.63) is 54.1 Å². The van der Waals surface area contributed by atoms with Crippen LogP contribution < -0.4 is 5.32 Å². The third-order valence-corrected chi connectivity index (χ3v) is 4.14. The molecule has 1 N–H and O–H groups in total. The van der Waals surface area contributed by atoms with Gasteiger partial charge < -0.3 is 9.88 Å². The lowest BCUT2D eigenvalue weighted by Gasteiger charge is -2.25. The molecule has 0 aliphatic carbocycles. The number of carbonyl (C=O) groups is 1. The Morgan fingerprint density at radius 1 is 1.38 bits per heavy atom. The highest BCUT2D eigenvalue weighted by Crippen LogP contribution is 2.24. The molecule has 1 amide bonds. The molecule has 0 saturated heterocycles. The molecule has 0 bridgehead atoms. The zero-order chi connectivity index (χ0) is 15.5. The fourth-order valence-electron chi connectivity index (χ4n) is 1.98. The molecule has 0 spiro atoms. The normalized spacial score (nSPS) is 13.0. The summed E-state index contributed by atoms with van der Waals surface area (Å²) in [4.78, 5) is 16.8. The van der Waals surface area contributed by atoms with Gasteiger partial charge in [0.2, 0.25) is 5.91 Å². The van der Waals surface area contributed by atoms with Gasteiger partial charge in [-0.2, -0.15) is 0 Å². The van der Waals surface area contributed by atoms with E-state index in [9.17, 15) is 4.79 Å². The second kappa shape index (κ2) is 6.31. The number of aryl methyl sites for hydroxylation is 1. The Kier molecular flexibility index (Phi) is 4.68. The van der Waals surface area contributed by atoms with E-state index in [4.69, 9.17) is 11.6 Å². The number of alkyl halides is 1. The fraction of sp³-hybridized carbons (Fsp3) is 0.375. The average Bonchev–Trinajstić information content (AvgIpc) is 2.91. The molecule has 0 aliphatic heterocycles. The van der Waals surface area contributed by atoms with Crippen molar-refractivity contribution in [3.8, 4) is 0 Å². The molecule has 1 aromatic heterocycles. The van der Waals surface area contributed by atoms with Gasteiger partial charge in [-0.15, -0.1) is 11.6 Å². The average molecular weight is 306 g/mol. The van der Waals surface area contributed by atoms with Crippen molar-refractivity contribution in [2.75, 3.05) is 5.88 Å². The topological polar surface area (TPSA) is 46.9 Å². The van der Waals surface area contributed by atoms with Crippen molar-refractivity contribution in [2.45, 2.75) is 19.9 Å². The first kappa shape index (κ1) is 15.6. The summed E-state index contributed by atoms with van der Waals surface area (Å²) in [6.45, 7) is 3.66. The first-order valence-electron chi connectivity index (χ1n) is 6.85. The first-order valence-corrected chi connectivity index (χ1v) is 7.38. The second-order valence-corrected chi connectivity index (χ2v) is 6.00. The maximum Gasteiger partial charge on any atom is 0.227 e. The number of rotatable bonds is 5. The van der Waals surface area contributed by atoms with E-state index in [0.717, 1.165) is 11.4 Å². The zero-order valence-electron chi connectivity index (χ0n) is 12.5. The number of benzene rings is 1. The van der Waals surface area contributed by atoms with Crippen LogP contribution in [0.1, 0.15) is 31.3 Å². The summed E-state index contributed by atoms with van der Waals surface area (Å²) < 4.78 is 1.91. The highest BCUT2D eigenvalue weighted by atomic mass is 35.5. The number of nitrogens with zero attached hydrogens (tertiary/aromatic N) is 2. The lowest BCUT2D eigenvalue weighted by molar-refractivity contribution is -0.128. The number of imidazole rings is 1. The molecule has 1 unspecified atom stereocenters. The van der Waals surface area contributed by atoms with Crippen molar-refractivity contribution in [3.63, 3.8) is 0 Å². The van der Waals surface area contributed by atoms with Gasteiger partial charge in [-0.3, -0.25) is 4.79 Å². The van der Waals surface area contributed by atoms with E-state index in [1.54, 1.807) is 6.20 Å². The highest BCUT2D eigenvalue weighted by Gasteiger charge is 2.30. The molecule has 0 radical (unpaired) electrons. The molecule has 2 aromatic rings. The number of nitrogens with one attached hydrogen (secondary N) is 1. The monoisotopic (exact) mass is 305 g/mol. The summed E-state index contributed by atoms with van der Waals surface area (Å²) in [6, 6.07) is 9.51. The molecule has 0 saturated carbocycles. The van der Waals surface area contributed by atoms with E-state index < -0.39 is 5.41 Å². The minimum absolute atomic E-state index is 0.0886. The minimum Gasteiger partial charge on any atom is -0.342 e. The van der Waals surface area contributed by atoms with E-state index >= 15 is 0 Å². The predicted octanol–water partition coefficient (Wildman–Crippen LogP) is 2.89. The smallest absolute Gasteiger partial charge is 0.227 e. The molecule has 0 aliphatic rings. The van der Waals surface area contributed by atoms with E-state index in [-0.39, 0.29) is 17.8 Å². The quantitative estimate of drug-likeness (QED) is 0.863. The van der Waals surface area contributed by atoms with Crippen LogP contribution in [0.4, 0.5) is 0 Å². The highest BCUT2D eigenvalue weighted by molar-refractivity contribution is 6.19. The Morgan fingerprint density at radius 3 is 2.57 bits per heavy atom. The van der Waals surface area contributed by atoms with E-state index in [1.807, 2.05) is 62.0 Å². The van der Waals surface area contributed by atoms with Gasteiger partial charge in [0, 0.05) is 25.3 Å². The molecular weight excluding hydrogens is 286 g/mol. The Labute approximate surface area is 130 Å². The van der Waals surface area contributed by atoms with Crippen LogP contribution in [0.5, 0.6) is 0 Å². The van der Waals surface area contributed by atoms with Gasteiger partial charge in [0.05, 0.1) is 5.41 Å². The number of aromatic nitrogens is 2. The SMILES string of the molecule is Cn1ccnc1C(NC(=O)C(C)(C)CCl)c1ccccc1. The van der Waals surface area contributed by atoms with Crippen molar-refractivity contribution < 1.29 is 4.79 Å². The second-order valence-electron chi connectivity index (χ2n) is 5.73. The van der Waals surface area contributed by atoms with Crippen LogP contribution in [0.3, 0.4) is 0 Å². The number of hydrogen-bond acceptors (Lipinski definition) is 2. The Hall–Kier alpha value is -1.81. The fourth-order valence-corrected chi connectivity index (χ4v) is 2.11. The number of halogens is 1. The summed E-state index contributed by atoms with van der Waals surface area (Å²) in [7, 11) is 1.91. The Morgan fingerprint density at radius 2 is 2.05 bits per heavy atom. The van der Waals surface area contributed by atoms with Gasteiger partial charge in [-0.1, -0.05) is 30.3 Å². The van der Waals surface area contributed by atoms with E-state index in [1.165, 1.54) is 0 Å². The standard InChI is InChI=1S/C16H20ClN3O/c1-16(2,11-17)15(21)19-13(12-7-5-4-6-8-12)14-18-9-10-20(14)3/h4-10,13H,11H2,1-3H3,(H,19,21). The molecule has 1 heterocycles. The summed E-state index contributed by atoms with van der Waals surface area (Å²) >= 11 is 5.89. The van der Waals surface area contributed by atoms with Gasteiger partial charge in [0.1, 0.15) is 11.9 Å². The van der Waals surface area contributed by atoms with Gasteiger partial charge in [0.15, 0.2) is 0 Å². The largest absolute Gasteiger partial charge is 0.342 e. The zero-order valence-corrected chi connectivity index (χ0v) is 13.3. The van der Waals surface area contributed by atoms with Crippen LogP contribution in [0.2, 0.25) is 0 Å². The Bertz CT molecular complexity index is 607. The van der Waals surface area contributed by atoms with Gasteiger partial charge in [-0.25, -0.2) is 4.98 Å². The molecule has 0 fully saturated rings. The molecule has 112 valence electrons. The summed E-state index contributed by atoms with van der Waals surface area (Å²) in [5.41, 5.74) is 0.366. The van der Waals surface area contributed by atoms with Crippen molar-refractivity contribution in [2.24, 2.45) is 12.5 Å². The van der Waals surface area contributed by atoms with E-state index in [2.05, 4.69) is 10.3 Å². The minimum atomic E-state index is -0.625. The molecule has 1 atom stereocenters. The van der Waals surface area contributed by atoms with Crippen LogP contribution in [-0.2, 0) is 11.8 Å². The predicted molar refractivity (Wildman–Crippen MR) is 84.1 cm³/mol. The maximum absolute atomic E-state index is 12.5. The van der Waals surface area contributed by atoms with Crippen molar-refractivity contribution >= 4 is 17.5 Å². The first-order chi connectivity index (χ1) is 9.95. The van der Waals surface area contributed by atoms with Crippen molar-refractivity contribution in [1.29, 1.82) is 0 Å².